The molecule has 3 nitrogen and oxygen atoms in total. The fourth-order valence-corrected chi connectivity index (χ4v) is 4.54. The molecule has 0 saturated heterocycles. The van der Waals surface area contributed by atoms with Gasteiger partial charge < -0.3 is 0 Å². The normalized spacial score (nSPS) is 13.7. The van der Waals surface area contributed by atoms with Crippen molar-refractivity contribution < 1.29 is 8.42 Å². The van der Waals surface area contributed by atoms with Crippen LogP contribution in [-0.4, -0.2) is 14.5 Å². The molecule has 1 aromatic rings. The van der Waals surface area contributed by atoms with Gasteiger partial charge in [0.2, 0.25) is 10.0 Å². The Morgan fingerprint density at radius 3 is 2.00 bits per heavy atom. The van der Waals surface area contributed by atoms with Crippen LogP contribution < -0.4 is 4.72 Å². The minimum atomic E-state index is -3.44. The summed E-state index contributed by atoms with van der Waals surface area (Å²) in [6, 6.07) is 3.81. The van der Waals surface area contributed by atoms with E-state index >= 15 is 0 Å². The maximum Gasteiger partial charge on any atom is 0.241 e. The van der Waals surface area contributed by atoms with Crippen molar-refractivity contribution in [2.24, 2.45) is 5.92 Å². The van der Waals surface area contributed by atoms with Gasteiger partial charge in [-0.15, -0.1) is 0 Å². The van der Waals surface area contributed by atoms with Crippen LogP contribution in [0.4, 0.5) is 0 Å². The minimum absolute atomic E-state index is 0.0335. The Hall–Kier alpha value is -0.870. The maximum absolute atomic E-state index is 12.6. The second-order valence-corrected chi connectivity index (χ2v) is 8.23. The van der Waals surface area contributed by atoms with E-state index < -0.39 is 10.0 Å². The van der Waals surface area contributed by atoms with Crippen LogP contribution in [0, 0.1) is 26.7 Å². The highest BCUT2D eigenvalue weighted by atomic mass is 32.2. The molecule has 0 aromatic heterocycles. The average Bonchev–Trinajstić information content (AvgIpc) is 2.24. The smallest absolute Gasteiger partial charge is 0.208 e. The number of nitrogens with one attached hydrogen (secondary N) is 1. The molecule has 1 atom stereocenters. The van der Waals surface area contributed by atoms with E-state index in [-0.39, 0.29) is 6.04 Å². The molecule has 1 rings (SSSR count). The highest BCUT2D eigenvalue weighted by Gasteiger charge is 2.21. The molecule has 0 aliphatic heterocycles. The van der Waals surface area contributed by atoms with Crippen molar-refractivity contribution in [2.75, 3.05) is 0 Å². The van der Waals surface area contributed by atoms with Gasteiger partial charge in [0.1, 0.15) is 0 Å². The van der Waals surface area contributed by atoms with Crippen molar-refractivity contribution >= 4 is 10.0 Å². The Morgan fingerprint density at radius 1 is 1.00 bits per heavy atom. The fourth-order valence-electron chi connectivity index (χ4n) is 2.81. The zero-order valence-electron chi connectivity index (χ0n) is 14.2. The van der Waals surface area contributed by atoms with Gasteiger partial charge in [-0.3, -0.25) is 0 Å². The third-order valence-electron chi connectivity index (χ3n) is 3.65. The first kappa shape index (κ1) is 18.2. The highest BCUT2D eigenvalue weighted by molar-refractivity contribution is 7.89. The van der Waals surface area contributed by atoms with E-state index in [9.17, 15) is 8.42 Å². The summed E-state index contributed by atoms with van der Waals surface area (Å²) in [6.45, 7) is 12.0. The zero-order valence-corrected chi connectivity index (χ0v) is 15.0. The number of aryl methyl sites for hydroxylation is 3. The van der Waals surface area contributed by atoms with Crippen molar-refractivity contribution in [3.63, 3.8) is 0 Å². The third kappa shape index (κ3) is 5.44. The van der Waals surface area contributed by atoms with E-state index in [1.165, 1.54) is 0 Å². The molecule has 0 radical (unpaired) electrons. The van der Waals surface area contributed by atoms with Crippen LogP contribution in [0.25, 0.3) is 0 Å². The second-order valence-electron chi connectivity index (χ2n) is 6.57. The molecular weight excluding hydrogens is 282 g/mol. The Kier molecular flexibility index (Phi) is 6.41. The summed E-state index contributed by atoms with van der Waals surface area (Å²) in [7, 11) is -3.44. The first-order valence-electron chi connectivity index (χ1n) is 7.73. The lowest BCUT2D eigenvalue weighted by Crippen LogP contribution is -2.33. The maximum atomic E-state index is 12.6. The molecule has 4 heteroatoms. The summed E-state index contributed by atoms with van der Waals surface area (Å²) in [5.74, 6) is 0.662. The molecule has 0 amide bonds. The van der Waals surface area contributed by atoms with Gasteiger partial charge in [0.05, 0.1) is 4.90 Å². The van der Waals surface area contributed by atoms with Crippen LogP contribution in [0.5, 0.6) is 0 Å². The molecule has 1 N–H and O–H groups in total. The van der Waals surface area contributed by atoms with Gasteiger partial charge in [-0.2, -0.15) is 0 Å². The van der Waals surface area contributed by atoms with E-state index in [4.69, 9.17) is 0 Å². The Balaban J connectivity index is 2.83. The molecule has 1 aromatic carbocycles. The molecule has 120 valence electrons. The van der Waals surface area contributed by atoms with Crippen molar-refractivity contribution in [1.82, 2.24) is 4.72 Å². The highest BCUT2D eigenvalue weighted by Crippen LogP contribution is 2.22. The van der Waals surface area contributed by atoms with E-state index in [0.29, 0.717) is 10.8 Å². The molecular formula is C17H29NO2S. The van der Waals surface area contributed by atoms with Gasteiger partial charge in [-0.1, -0.05) is 44.4 Å². The lowest BCUT2D eigenvalue weighted by Gasteiger charge is -2.17. The van der Waals surface area contributed by atoms with Gasteiger partial charge in [0, 0.05) is 6.04 Å². The minimum Gasteiger partial charge on any atom is -0.208 e. The van der Waals surface area contributed by atoms with Crippen LogP contribution in [0.1, 0.15) is 56.7 Å². The standard InChI is InChI=1S/C17H29NO2S/c1-12(2)8-7-9-16(6)18-21(19,20)17-14(4)10-13(3)11-15(17)5/h10-12,16,18H,7-9H2,1-6H3/t16-/m0/s1. The molecule has 0 fully saturated rings. The topological polar surface area (TPSA) is 46.2 Å². The summed E-state index contributed by atoms with van der Waals surface area (Å²) < 4.78 is 28.0. The van der Waals surface area contributed by atoms with Gasteiger partial charge in [0.15, 0.2) is 0 Å². The number of hydrogen-bond donors (Lipinski definition) is 1. The first-order valence-corrected chi connectivity index (χ1v) is 9.22. The number of sulfonamides is 1. The quantitative estimate of drug-likeness (QED) is 0.824. The van der Waals surface area contributed by atoms with Gasteiger partial charge >= 0.3 is 0 Å². The SMILES string of the molecule is Cc1cc(C)c(S(=O)(=O)N[C@@H](C)CCCC(C)C)c(C)c1. The van der Waals surface area contributed by atoms with Crippen molar-refractivity contribution in [3.05, 3.63) is 28.8 Å². The van der Waals surface area contributed by atoms with Crippen LogP contribution in [-0.2, 0) is 10.0 Å². The summed E-state index contributed by atoms with van der Waals surface area (Å²) in [5.41, 5.74) is 2.72. The molecule has 0 spiro atoms. The monoisotopic (exact) mass is 311 g/mol. The Bertz CT molecular complexity index is 553. The summed E-state index contributed by atoms with van der Waals surface area (Å²) >= 11 is 0. The van der Waals surface area contributed by atoms with Gasteiger partial charge in [0.25, 0.3) is 0 Å². The number of benzene rings is 1. The zero-order chi connectivity index (χ0) is 16.2. The molecule has 0 aliphatic rings. The van der Waals surface area contributed by atoms with Crippen molar-refractivity contribution in [3.8, 4) is 0 Å². The van der Waals surface area contributed by atoms with Gasteiger partial charge in [-0.05, 0) is 51.2 Å². The largest absolute Gasteiger partial charge is 0.241 e. The lowest BCUT2D eigenvalue weighted by molar-refractivity contribution is 0.488. The summed E-state index contributed by atoms with van der Waals surface area (Å²) in [6.07, 6.45) is 3.06. The van der Waals surface area contributed by atoms with Crippen LogP contribution in [0.15, 0.2) is 17.0 Å². The molecule has 0 heterocycles. The third-order valence-corrected chi connectivity index (χ3v) is 5.54. The average molecular weight is 311 g/mol. The number of hydrogen-bond acceptors (Lipinski definition) is 2. The Morgan fingerprint density at radius 2 is 1.52 bits per heavy atom. The van der Waals surface area contributed by atoms with E-state index in [1.54, 1.807) is 0 Å². The van der Waals surface area contributed by atoms with E-state index in [2.05, 4.69) is 18.6 Å². The van der Waals surface area contributed by atoms with Crippen molar-refractivity contribution in [1.29, 1.82) is 0 Å². The van der Waals surface area contributed by atoms with Crippen LogP contribution in [0.3, 0.4) is 0 Å². The second kappa shape index (κ2) is 7.41. The van der Waals surface area contributed by atoms with Crippen LogP contribution in [0.2, 0.25) is 0 Å². The van der Waals surface area contributed by atoms with Crippen LogP contribution >= 0.6 is 0 Å². The molecule has 21 heavy (non-hydrogen) atoms. The molecule has 0 saturated carbocycles. The number of rotatable bonds is 7. The Labute approximate surface area is 130 Å². The fraction of sp³-hybridized carbons (Fsp3) is 0.647. The summed E-state index contributed by atoms with van der Waals surface area (Å²) in [5, 5.41) is 0. The van der Waals surface area contributed by atoms with Gasteiger partial charge in [-0.25, -0.2) is 13.1 Å². The molecule has 0 unspecified atom stereocenters. The predicted molar refractivity (Wildman–Crippen MR) is 89.1 cm³/mol. The van der Waals surface area contributed by atoms with E-state index in [0.717, 1.165) is 36.0 Å². The lowest BCUT2D eigenvalue weighted by atomic mass is 10.0. The van der Waals surface area contributed by atoms with Crippen molar-refractivity contribution in [2.45, 2.75) is 71.7 Å². The first-order chi connectivity index (χ1) is 9.63. The molecule has 0 bridgehead atoms. The van der Waals surface area contributed by atoms with E-state index in [1.807, 2.05) is 39.8 Å². The predicted octanol–water partition coefficient (Wildman–Crippen LogP) is 4.10. The summed E-state index contributed by atoms with van der Waals surface area (Å²) in [4.78, 5) is 0.434. The molecule has 0 aliphatic carbocycles.